The van der Waals surface area contributed by atoms with Crippen molar-refractivity contribution in [3.63, 3.8) is 0 Å². The van der Waals surface area contributed by atoms with Crippen LogP contribution in [-0.2, 0) is 10.2 Å². The van der Waals surface area contributed by atoms with E-state index in [1.165, 1.54) is 35.1 Å². The number of hydrogen-bond acceptors (Lipinski definition) is 2. The zero-order chi connectivity index (χ0) is 21.0. The molecule has 3 rings (SSSR count). The number of hydrogen-bond donors (Lipinski definition) is 0. The summed E-state index contributed by atoms with van der Waals surface area (Å²) < 4.78 is 0. The van der Waals surface area contributed by atoms with Gasteiger partial charge >= 0.3 is 0 Å². The van der Waals surface area contributed by atoms with Crippen LogP contribution in [0.2, 0.25) is 0 Å². The Morgan fingerprint density at radius 1 is 0.931 bits per heavy atom. The van der Waals surface area contributed by atoms with E-state index < -0.39 is 0 Å². The summed E-state index contributed by atoms with van der Waals surface area (Å²) in [4.78, 5) is 24.2. The first-order valence-electron chi connectivity index (χ1n) is 11.3. The molecule has 0 heterocycles. The summed E-state index contributed by atoms with van der Waals surface area (Å²) in [5, 5.41) is 0. The standard InChI is InChI=1S/C27H34O2/c1-5-9-10-11-21(18-28)19-12-14-22-23-15-13-20(26(29)6-2)17-25(23)27(7-3,8-4)24(22)16-19/h12-18,21H,5-11H2,1-4H3. The van der Waals surface area contributed by atoms with Gasteiger partial charge in [-0.25, -0.2) is 0 Å². The fraction of sp³-hybridized carbons (Fsp3) is 0.481. The lowest BCUT2D eigenvalue weighted by molar-refractivity contribution is -0.109. The largest absolute Gasteiger partial charge is 0.303 e. The quantitative estimate of drug-likeness (QED) is 0.244. The number of carbonyl (C=O) groups excluding carboxylic acids is 2. The lowest BCUT2D eigenvalue weighted by Crippen LogP contribution is -2.23. The first kappa shape index (κ1) is 21.5. The highest BCUT2D eigenvalue weighted by Crippen LogP contribution is 2.53. The highest BCUT2D eigenvalue weighted by molar-refractivity contribution is 5.97. The molecule has 0 spiro atoms. The van der Waals surface area contributed by atoms with Gasteiger partial charge < -0.3 is 4.79 Å². The van der Waals surface area contributed by atoms with E-state index in [0.29, 0.717) is 6.42 Å². The molecule has 0 aromatic heterocycles. The maximum Gasteiger partial charge on any atom is 0.162 e. The number of aldehydes is 1. The van der Waals surface area contributed by atoms with Gasteiger partial charge in [0.05, 0.1) is 0 Å². The van der Waals surface area contributed by atoms with E-state index in [9.17, 15) is 9.59 Å². The van der Waals surface area contributed by atoms with Crippen LogP contribution in [0, 0.1) is 0 Å². The zero-order valence-electron chi connectivity index (χ0n) is 18.4. The van der Waals surface area contributed by atoms with Gasteiger partial charge in [-0.05, 0) is 53.1 Å². The first-order chi connectivity index (χ1) is 14.1. The summed E-state index contributed by atoms with van der Waals surface area (Å²) in [5.74, 6) is 0.168. The van der Waals surface area contributed by atoms with Crippen molar-refractivity contribution < 1.29 is 9.59 Å². The minimum Gasteiger partial charge on any atom is -0.303 e. The molecule has 1 aliphatic carbocycles. The van der Waals surface area contributed by atoms with E-state index >= 15 is 0 Å². The maximum absolute atomic E-state index is 12.3. The molecule has 1 aliphatic rings. The second-order valence-electron chi connectivity index (χ2n) is 8.37. The van der Waals surface area contributed by atoms with E-state index in [1.807, 2.05) is 13.0 Å². The Morgan fingerprint density at radius 2 is 1.59 bits per heavy atom. The molecular formula is C27H34O2. The van der Waals surface area contributed by atoms with Gasteiger partial charge in [-0.15, -0.1) is 0 Å². The molecular weight excluding hydrogens is 356 g/mol. The van der Waals surface area contributed by atoms with Gasteiger partial charge in [-0.2, -0.15) is 0 Å². The smallest absolute Gasteiger partial charge is 0.162 e. The molecule has 2 nitrogen and oxygen atoms in total. The number of unbranched alkanes of at least 4 members (excludes halogenated alkanes) is 2. The molecule has 29 heavy (non-hydrogen) atoms. The van der Waals surface area contributed by atoms with Gasteiger partial charge in [0.1, 0.15) is 6.29 Å². The minimum atomic E-state index is -0.0818. The van der Waals surface area contributed by atoms with Crippen LogP contribution in [0.1, 0.15) is 106 Å². The Hall–Kier alpha value is -2.22. The zero-order valence-corrected chi connectivity index (χ0v) is 18.4. The Morgan fingerprint density at radius 3 is 2.17 bits per heavy atom. The van der Waals surface area contributed by atoms with Crippen molar-refractivity contribution in [1.82, 2.24) is 0 Å². The number of rotatable bonds is 10. The summed E-state index contributed by atoms with van der Waals surface area (Å²) in [5.41, 5.74) is 7.00. The third-order valence-corrected chi connectivity index (χ3v) is 6.95. The molecule has 0 N–H and O–H groups in total. The highest BCUT2D eigenvalue weighted by atomic mass is 16.1. The summed E-state index contributed by atoms with van der Waals surface area (Å²) >= 11 is 0. The van der Waals surface area contributed by atoms with Crippen molar-refractivity contribution in [3.8, 4) is 11.1 Å². The molecule has 0 bridgehead atoms. The number of carbonyl (C=O) groups is 2. The molecule has 2 aromatic rings. The van der Waals surface area contributed by atoms with E-state index in [2.05, 4.69) is 51.1 Å². The topological polar surface area (TPSA) is 34.1 Å². The van der Waals surface area contributed by atoms with E-state index in [-0.39, 0.29) is 17.1 Å². The summed E-state index contributed by atoms with van der Waals surface area (Å²) in [6, 6.07) is 12.9. The van der Waals surface area contributed by atoms with Crippen LogP contribution in [0.15, 0.2) is 36.4 Å². The molecule has 0 aliphatic heterocycles. The molecule has 1 unspecified atom stereocenters. The van der Waals surface area contributed by atoms with Crippen LogP contribution in [0.3, 0.4) is 0 Å². The SMILES string of the molecule is CCCCCC(C=O)c1ccc2c(c1)C(CC)(CC)c1cc(C(=O)CC)ccc1-2. The molecule has 1 atom stereocenters. The molecule has 0 radical (unpaired) electrons. The van der Waals surface area contributed by atoms with E-state index in [4.69, 9.17) is 0 Å². The molecule has 2 heteroatoms. The van der Waals surface area contributed by atoms with Crippen molar-refractivity contribution in [3.05, 3.63) is 58.7 Å². The Bertz CT molecular complexity index is 889. The van der Waals surface area contributed by atoms with Crippen molar-refractivity contribution in [2.45, 2.75) is 84.0 Å². The van der Waals surface area contributed by atoms with Crippen molar-refractivity contribution in [1.29, 1.82) is 0 Å². The van der Waals surface area contributed by atoms with Crippen LogP contribution in [0.25, 0.3) is 11.1 Å². The third kappa shape index (κ3) is 3.70. The summed E-state index contributed by atoms with van der Waals surface area (Å²) in [6.07, 6.45) is 7.96. The van der Waals surface area contributed by atoms with Gasteiger partial charge in [0.15, 0.2) is 5.78 Å². The average Bonchev–Trinajstić information content (AvgIpc) is 3.04. The predicted octanol–water partition coefficient (Wildman–Crippen LogP) is 7.23. The highest BCUT2D eigenvalue weighted by Gasteiger charge is 2.41. The second-order valence-corrected chi connectivity index (χ2v) is 8.37. The minimum absolute atomic E-state index is 0.0285. The van der Waals surface area contributed by atoms with Crippen molar-refractivity contribution in [2.24, 2.45) is 0 Å². The van der Waals surface area contributed by atoms with Gasteiger partial charge in [0, 0.05) is 23.3 Å². The lowest BCUT2D eigenvalue weighted by atomic mass is 9.73. The Kier molecular flexibility index (Phi) is 6.72. The lowest BCUT2D eigenvalue weighted by Gasteiger charge is -2.30. The van der Waals surface area contributed by atoms with E-state index in [1.54, 1.807) is 0 Å². The number of benzene rings is 2. The fourth-order valence-corrected chi connectivity index (χ4v) is 5.06. The number of Topliss-reactive ketones (excluding diaryl/α,β-unsaturated/α-hetero) is 1. The van der Waals surface area contributed by atoms with Crippen LogP contribution in [-0.4, -0.2) is 12.1 Å². The fourth-order valence-electron chi connectivity index (χ4n) is 5.06. The summed E-state index contributed by atoms with van der Waals surface area (Å²) in [7, 11) is 0. The predicted molar refractivity (Wildman–Crippen MR) is 121 cm³/mol. The van der Waals surface area contributed by atoms with Gasteiger partial charge in [0.2, 0.25) is 0 Å². The monoisotopic (exact) mass is 390 g/mol. The number of fused-ring (bicyclic) bond motifs is 3. The van der Waals surface area contributed by atoms with E-state index in [0.717, 1.165) is 43.1 Å². The molecule has 2 aromatic carbocycles. The van der Waals surface area contributed by atoms with Gasteiger partial charge in [0.25, 0.3) is 0 Å². The Labute approximate surface area is 175 Å². The molecule has 0 amide bonds. The average molecular weight is 391 g/mol. The first-order valence-corrected chi connectivity index (χ1v) is 11.3. The molecule has 0 fully saturated rings. The molecule has 154 valence electrons. The van der Waals surface area contributed by atoms with Gasteiger partial charge in [-0.1, -0.05) is 77.3 Å². The normalized spacial score (nSPS) is 14.9. The summed E-state index contributed by atoms with van der Waals surface area (Å²) in [6.45, 7) is 8.59. The van der Waals surface area contributed by atoms with Crippen LogP contribution in [0.5, 0.6) is 0 Å². The van der Waals surface area contributed by atoms with Crippen LogP contribution in [0.4, 0.5) is 0 Å². The van der Waals surface area contributed by atoms with Crippen LogP contribution >= 0.6 is 0 Å². The van der Waals surface area contributed by atoms with Crippen molar-refractivity contribution >= 4 is 12.1 Å². The van der Waals surface area contributed by atoms with Crippen LogP contribution < -0.4 is 0 Å². The number of ketones is 1. The van der Waals surface area contributed by atoms with Crippen molar-refractivity contribution in [2.75, 3.05) is 0 Å². The molecule has 0 saturated carbocycles. The third-order valence-electron chi connectivity index (χ3n) is 6.95. The second kappa shape index (κ2) is 9.07. The Balaban J connectivity index is 2.09. The molecule has 0 saturated heterocycles. The maximum atomic E-state index is 12.3. The van der Waals surface area contributed by atoms with Gasteiger partial charge in [-0.3, -0.25) is 4.79 Å².